The van der Waals surface area contributed by atoms with E-state index in [0.29, 0.717) is 6.54 Å². The van der Waals surface area contributed by atoms with E-state index in [1.807, 2.05) is 17.8 Å². The quantitative estimate of drug-likeness (QED) is 0.807. The summed E-state index contributed by atoms with van der Waals surface area (Å²) in [5.74, 6) is 0. The van der Waals surface area contributed by atoms with Crippen LogP contribution in [0.4, 0.5) is 0 Å². The highest BCUT2D eigenvalue weighted by atomic mass is 79.9. The Bertz CT molecular complexity index is 568. The first kappa shape index (κ1) is 14.6. The first-order valence-electron chi connectivity index (χ1n) is 6.30. The minimum Gasteiger partial charge on any atom is -0.329 e. The zero-order chi connectivity index (χ0) is 13.8. The van der Waals surface area contributed by atoms with Crippen LogP contribution in [-0.4, -0.2) is 6.54 Å². The zero-order valence-corrected chi connectivity index (χ0v) is 13.6. The van der Waals surface area contributed by atoms with Crippen LogP contribution >= 0.6 is 27.7 Å². The van der Waals surface area contributed by atoms with E-state index < -0.39 is 0 Å². The molecule has 0 radical (unpaired) electrons. The van der Waals surface area contributed by atoms with Gasteiger partial charge in [0.1, 0.15) is 0 Å². The molecule has 0 spiro atoms. The lowest BCUT2D eigenvalue weighted by Crippen LogP contribution is -2.09. The van der Waals surface area contributed by atoms with Gasteiger partial charge in [-0.2, -0.15) is 0 Å². The summed E-state index contributed by atoms with van der Waals surface area (Å²) in [6.45, 7) is 4.91. The molecular weight excluding hydrogens is 318 g/mol. The molecule has 2 aromatic rings. The Labute approximate surface area is 127 Å². The van der Waals surface area contributed by atoms with Crippen molar-refractivity contribution in [1.82, 2.24) is 0 Å². The Kier molecular flexibility index (Phi) is 5.08. The predicted octanol–water partition coefficient (Wildman–Crippen LogP) is 4.86. The molecule has 0 heterocycles. The Morgan fingerprint density at radius 3 is 2.47 bits per heavy atom. The lowest BCUT2D eigenvalue weighted by Gasteiger charge is -2.17. The molecule has 1 atom stereocenters. The number of benzene rings is 2. The summed E-state index contributed by atoms with van der Waals surface area (Å²) in [5.41, 5.74) is 9.86. The average Bonchev–Trinajstić information content (AvgIpc) is 2.41. The molecule has 0 saturated heterocycles. The molecule has 3 heteroatoms. The number of rotatable bonds is 4. The van der Waals surface area contributed by atoms with Crippen molar-refractivity contribution in [3.05, 3.63) is 63.6 Å². The Hall–Kier alpha value is -0.770. The smallest absolute Gasteiger partial charge is 0.0478 e. The largest absolute Gasteiger partial charge is 0.329 e. The van der Waals surface area contributed by atoms with Crippen LogP contribution in [-0.2, 0) is 0 Å². The van der Waals surface area contributed by atoms with Gasteiger partial charge in [0.15, 0.2) is 0 Å². The van der Waals surface area contributed by atoms with E-state index >= 15 is 0 Å². The van der Waals surface area contributed by atoms with E-state index in [9.17, 15) is 0 Å². The first-order valence-corrected chi connectivity index (χ1v) is 7.97. The van der Waals surface area contributed by atoms with Gasteiger partial charge >= 0.3 is 0 Å². The van der Waals surface area contributed by atoms with Crippen molar-refractivity contribution in [3.63, 3.8) is 0 Å². The Morgan fingerprint density at radius 2 is 1.84 bits per heavy atom. The van der Waals surface area contributed by atoms with Crippen LogP contribution in [0.2, 0.25) is 0 Å². The summed E-state index contributed by atoms with van der Waals surface area (Å²) < 4.78 is 1.13. The fraction of sp³-hybridized carbons (Fsp3) is 0.250. The van der Waals surface area contributed by atoms with Gasteiger partial charge in [0.2, 0.25) is 0 Å². The van der Waals surface area contributed by atoms with Crippen molar-refractivity contribution in [2.24, 2.45) is 5.73 Å². The Balaban J connectivity index is 2.24. The monoisotopic (exact) mass is 335 g/mol. The molecule has 0 aromatic heterocycles. The molecule has 0 amide bonds. The van der Waals surface area contributed by atoms with Gasteiger partial charge in [-0.25, -0.2) is 0 Å². The maximum Gasteiger partial charge on any atom is 0.0478 e. The molecule has 1 unspecified atom stereocenters. The number of nitrogens with two attached hydrogens (primary N) is 1. The molecule has 0 aliphatic heterocycles. The Morgan fingerprint density at radius 1 is 1.11 bits per heavy atom. The highest BCUT2D eigenvalue weighted by Crippen LogP contribution is 2.38. The first-order chi connectivity index (χ1) is 9.11. The normalized spacial score (nSPS) is 12.4. The molecule has 0 aliphatic carbocycles. The maximum atomic E-state index is 5.95. The van der Waals surface area contributed by atoms with Gasteiger partial charge in [-0.1, -0.05) is 40.2 Å². The fourth-order valence-corrected chi connectivity index (χ4v) is 3.79. The zero-order valence-electron chi connectivity index (χ0n) is 11.2. The lowest BCUT2D eigenvalue weighted by atomic mass is 10.1. The van der Waals surface area contributed by atoms with E-state index in [4.69, 9.17) is 5.73 Å². The molecule has 0 fully saturated rings. The van der Waals surface area contributed by atoms with Crippen molar-refractivity contribution >= 4 is 27.7 Å². The number of thioether (sulfide) groups is 1. The van der Waals surface area contributed by atoms with Gasteiger partial charge in [0.25, 0.3) is 0 Å². The second-order valence-electron chi connectivity index (χ2n) is 4.61. The predicted molar refractivity (Wildman–Crippen MR) is 87.7 cm³/mol. The molecule has 100 valence electrons. The van der Waals surface area contributed by atoms with Crippen molar-refractivity contribution in [1.29, 1.82) is 0 Å². The van der Waals surface area contributed by atoms with Crippen molar-refractivity contribution < 1.29 is 0 Å². The summed E-state index contributed by atoms with van der Waals surface area (Å²) in [6, 6.07) is 14.9. The van der Waals surface area contributed by atoms with Crippen LogP contribution in [0.5, 0.6) is 0 Å². The molecule has 0 saturated carbocycles. The summed E-state index contributed by atoms with van der Waals surface area (Å²) in [7, 11) is 0. The minimum atomic E-state index is 0.276. The minimum absolute atomic E-state index is 0.276. The second-order valence-corrected chi connectivity index (χ2v) is 6.74. The van der Waals surface area contributed by atoms with Crippen molar-refractivity contribution in [2.75, 3.05) is 6.54 Å². The second kappa shape index (κ2) is 6.60. The highest BCUT2D eigenvalue weighted by Gasteiger charge is 2.14. The van der Waals surface area contributed by atoms with E-state index in [1.165, 1.54) is 21.6 Å². The van der Waals surface area contributed by atoms with Crippen LogP contribution in [0, 0.1) is 13.8 Å². The molecule has 0 bridgehead atoms. The topological polar surface area (TPSA) is 26.0 Å². The summed E-state index contributed by atoms with van der Waals surface area (Å²) in [6.07, 6.45) is 0. The summed E-state index contributed by atoms with van der Waals surface area (Å²) in [5, 5.41) is 0.276. The molecule has 1 nitrogen and oxygen atoms in total. The summed E-state index contributed by atoms with van der Waals surface area (Å²) in [4.78, 5) is 1.27. The third-order valence-electron chi connectivity index (χ3n) is 3.22. The summed E-state index contributed by atoms with van der Waals surface area (Å²) >= 11 is 5.43. The van der Waals surface area contributed by atoms with Crippen molar-refractivity contribution in [3.8, 4) is 0 Å². The fourth-order valence-electron chi connectivity index (χ4n) is 1.93. The van der Waals surface area contributed by atoms with E-state index in [-0.39, 0.29) is 5.25 Å². The van der Waals surface area contributed by atoms with Gasteiger partial charge in [-0.15, -0.1) is 11.8 Å². The molecule has 19 heavy (non-hydrogen) atoms. The van der Waals surface area contributed by atoms with Gasteiger partial charge < -0.3 is 5.73 Å². The average molecular weight is 336 g/mol. The molecule has 0 aliphatic rings. The van der Waals surface area contributed by atoms with E-state index in [2.05, 4.69) is 66.2 Å². The number of halogens is 1. The van der Waals surface area contributed by atoms with Crippen molar-refractivity contribution in [2.45, 2.75) is 24.0 Å². The molecular formula is C16H18BrNS. The van der Waals surface area contributed by atoms with Crippen LogP contribution in [0.25, 0.3) is 0 Å². The number of hydrogen-bond acceptors (Lipinski definition) is 2. The van der Waals surface area contributed by atoms with Gasteiger partial charge in [-0.3, -0.25) is 0 Å². The van der Waals surface area contributed by atoms with E-state index in [0.717, 1.165) is 4.47 Å². The third kappa shape index (κ3) is 3.62. The number of hydrogen-bond donors (Lipinski definition) is 1. The van der Waals surface area contributed by atoms with E-state index in [1.54, 1.807) is 0 Å². The van der Waals surface area contributed by atoms with Gasteiger partial charge in [0.05, 0.1) is 0 Å². The SMILES string of the molecule is Cc1ccc(SC(CN)c2ccccc2Br)cc1C. The van der Waals surface area contributed by atoms with Crippen LogP contribution in [0.3, 0.4) is 0 Å². The van der Waals surface area contributed by atoms with Crippen LogP contribution < -0.4 is 5.73 Å². The van der Waals surface area contributed by atoms with Crippen LogP contribution in [0.1, 0.15) is 21.9 Å². The third-order valence-corrected chi connectivity index (χ3v) is 5.20. The number of aryl methyl sites for hydroxylation is 2. The standard InChI is InChI=1S/C16H18BrNS/c1-11-7-8-13(9-12(11)2)19-16(10-18)14-5-3-4-6-15(14)17/h3-9,16H,10,18H2,1-2H3. The molecule has 2 rings (SSSR count). The van der Waals surface area contributed by atoms with Gasteiger partial charge in [0, 0.05) is 21.2 Å². The highest BCUT2D eigenvalue weighted by molar-refractivity contribution is 9.10. The maximum absolute atomic E-state index is 5.95. The lowest BCUT2D eigenvalue weighted by molar-refractivity contribution is 0.935. The van der Waals surface area contributed by atoms with Crippen LogP contribution in [0.15, 0.2) is 51.8 Å². The molecule has 2 aromatic carbocycles. The van der Waals surface area contributed by atoms with Gasteiger partial charge in [-0.05, 0) is 48.7 Å². The molecule has 2 N–H and O–H groups in total.